The molecule has 2 aliphatic rings. The number of aromatic nitrogens is 2. The molecule has 41 heavy (non-hydrogen) atoms. The summed E-state index contributed by atoms with van der Waals surface area (Å²) < 4.78 is 2.32. The first-order valence-electron chi connectivity index (χ1n) is 14.9. The van der Waals surface area contributed by atoms with Crippen molar-refractivity contribution in [1.82, 2.24) is 24.3 Å². The molecule has 214 valence electrons. The molecule has 0 N–H and O–H groups in total. The molecule has 2 fully saturated rings. The zero-order valence-corrected chi connectivity index (χ0v) is 24.9. The average Bonchev–Trinajstić information content (AvgIpc) is 3.32. The zero-order chi connectivity index (χ0) is 28.3. The molecule has 1 aromatic heterocycles. The van der Waals surface area contributed by atoms with Gasteiger partial charge in [0.1, 0.15) is 5.82 Å². The second-order valence-corrected chi connectivity index (χ2v) is 12.3. The van der Waals surface area contributed by atoms with Gasteiger partial charge in [-0.15, -0.1) is 0 Å². The molecule has 2 saturated heterocycles. The number of nitrogens with zero attached hydrogens (tertiary/aromatic N) is 5. The van der Waals surface area contributed by atoms with Crippen molar-refractivity contribution in [2.45, 2.75) is 58.4 Å². The minimum atomic E-state index is 0.0397. The molecular weight excluding hydrogens is 530 g/mol. The molecule has 6 nitrogen and oxygen atoms in total. The van der Waals surface area contributed by atoms with Crippen LogP contribution in [0.2, 0.25) is 5.02 Å². The summed E-state index contributed by atoms with van der Waals surface area (Å²) in [6.45, 7) is 10.3. The van der Waals surface area contributed by atoms with Gasteiger partial charge in [-0.05, 0) is 68.6 Å². The molecule has 2 aliphatic heterocycles. The molecule has 6 rings (SSSR count). The number of halogens is 1. The van der Waals surface area contributed by atoms with Crippen molar-refractivity contribution >= 4 is 28.5 Å². The number of imidazole rings is 1. The quantitative estimate of drug-likeness (QED) is 0.271. The van der Waals surface area contributed by atoms with Gasteiger partial charge in [-0.3, -0.25) is 14.6 Å². The van der Waals surface area contributed by atoms with Gasteiger partial charge in [0, 0.05) is 49.8 Å². The summed E-state index contributed by atoms with van der Waals surface area (Å²) in [6.07, 6.45) is 2.00. The van der Waals surface area contributed by atoms with Gasteiger partial charge in [0.15, 0.2) is 0 Å². The number of hydrogen-bond donors (Lipinski definition) is 0. The van der Waals surface area contributed by atoms with Gasteiger partial charge in [-0.1, -0.05) is 66.2 Å². The predicted molar refractivity (Wildman–Crippen MR) is 166 cm³/mol. The van der Waals surface area contributed by atoms with Gasteiger partial charge in [-0.2, -0.15) is 0 Å². The first kappa shape index (κ1) is 28.0. The van der Waals surface area contributed by atoms with Crippen LogP contribution in [0, 0.1) is 5.92 Å². The molecule has 3 atom stereocenters. The van der Waals surface area contributed by atoms with Crippen LogP contribution in [0.5, 0.6) is 0 Å². The van der Waals surface area contributed by atoms with E-state index < -0.39 is 0 Å². The molecule has 0 aliphatic carbocycles. The SMILES string of the molecule is C[C@@H]1CN(C(=O)[C@H]2CCCN(Cc3nc4ccccc4n3Cc3ccc(Cl)cc3)C2)C[C@@H](C)N1Cc1ccccc1. The average molecular weight is 570 g/mol. The Bertz CT molecular complexity index is 1460. The molecule has 4 aromatic rings. The Hall–Kier alpha value is -3.19. The lowest BCUT2D eigenvalue weighted by Gasteiger charge is -2.46. The lowest BCUT2D eigenvalue weighted by molar-refractivity contribution is -0.142. The Morgan fingerprint density at radius 2 is 1.51 bits per heavy atom. The van der Waals surface area contributed by atoms with Gasteiger partial charge < -0.3 is 9.47 Å². The van der Waals surface area contributed by atoms with E-state index in [1.165, 1.54) is 11.1 Å². The van der Waals surface area contributed by atoms with Gasteiger partial charge in [0.2, 0.25) is 5.91 Å². The number of carbonyl (C=O) groups excluding carboxylic acids is 1. The van der Waals surface area contributed by atoms with Crippen LogP contribution < -0.4 is 0 Å². The summed E-state index contributed by atoms with van der Waals surface area (Å²) in [5.41, 5.74) is 4.67. The Labute approximate surface area is 248 Å². The van der Waals surface area contributed by atoms with E-state index in [0.717, 1.165) is 80.5 Å². The minimum Gasteiger partial charge on any atom is -0.339 e. The van der Waals surface area contributed by atoms with Crippen LogP contribution in [0.25, 0.3) is 11.0 Å². The third-order valence-electron chi connectivity index (χ3n) is 8.83. The van der Waals surface area contributed by atoms with Crippen molar-refractivity contribution in [3.05, 3.63) is 101 Å². The largest absolute Gasteiger partial charge is 0.339 e. The highest BCUT2D eigenvalue weighted by atomic mass is 35.5. The number of likely N-dealkylation sites (tertiary alicyclic amines) is 1. The minimum absolute atomic E-state index is 0.0397. The highest BCUT2D eigenvalue weighted by molar-refractivity contribution is 6.30. The van der Waals surface area contributed by atoms with E-state index in [1.807, 2.05) is 18.2 Å². The van der Waals surface area contributed by atoms with Crippen LogP contribution >= 0.6 is 11.6 Å². The van der Waals surface area contributed by atoms with Crippen molar-refractivity contribution in [3.8, 4) is 0 Å². The van der Waals surface area contributed by atoms with Crippen LogP contribution in [0.4, 0.5) is 0 Å². The Kier molecular flexibility index (Phi) is 8.42. The maximum absolute atomic E-state index is 13.8. The van der Waals surface area contributed by atoms with Crippen LogP contribution in [-0.4, -0.2) is 68.4 Å². The van der Waals surface area contributed by atoms with E-state index in [4.69, 9.17) is 16.6 Å². The topological polar surface area (TPSA) is 44.6 Å². The number of fused-ring (bicyclic) bond motifs is 1. The fourth-order valence-corrected chi connectivity index (χ4v) is 6.82. The molecule has 0 unspecified atom stereocenters. The molecule has 7 heteroatoms. The summed E-state index contributed by atoms with van der Waals surface area (Å²) >= 11 is 6.14. The Morgan fingerprint density at radius 3 is 2.27 bits per heavy atom. The second-order valence-electron chi connectivity index (χ2n) is 11.9. The summed E-state index contributed by atoms with van der Waals surface area (Å²) in [7, 11) is 0. The number of benzene rings is 3. The lowest BCUT2D eigenvalue weighted by Crippen LogP contribution is -2.59. The first-order valence-corrected chi connectivity index (χ1v) is 15.3. The molecule has 0 radical (unpaired) electrons. The van der Waals surface area contributed by atoms with E-state index in [9.17, 15) is 4.79 Å². The van der Waals surface area contributed by atoms with Crippen LogP contribution in [0.1, 0.15) is 43.6 Å². The lowest BCUT2D eigenvalue weighted by atomic mass is 9.95. The van der Waals surface area contributed by atoms with Gasteiger partial charge in [0.05, 0.1) is 23.5 Å². The number of amides is 1. The van der Waals surface area contributed by atoms with Crippen molar-refractivity contribution < 1.29 is 4.79 Å². The summed E-state index contributed by atoms with van der Waals surface area (Å²) in [4.78, 5) is 26.0. The van der Waals surface area contributed by atoms with E-state index >= 15 is 0 Å². The number of piperazine rings is 1. The molecule has 3 aromatic carbocycles. The molecule has 0 saturated carbocycles. The van der Waals surface area contributed by atoms with Crippen LogP contribution in [0.3, 0.4) is 0 Å². The van der Waals surface area contributed by atoms with Crippen molar-refractivity contribution in [3.63, 3.8) is 0 Å². The van der Waals surface area contributed by atoms with E-state index in [1.54, 1.807) is 0 Å². The van der Waals surface area contributed by atoms with Gasteiger partial charge >= 0.3 is 0 Å². The Balaban J connectivity index is 1.13. The summed E-state index contributed by atoms with van der Waals surface area (Å²) in [6, 6.07) is 27.7. The smallest absolute Gasteiger partial charge is 0.227 e. The van der Waals surface area contributed by atoms with Crippen molar-refractivity contribution in [2.75, 3.05) is 26.2 Å². The second kappa shape index (κ2) is 12.4. The monoisotopic (exact) mass is 569 g/mol. The van der Waals surface area contributed by atoms with Gasteiger partial charge in [-0.25, -0.2) is 4.98 Å². The van der Waals surface area contributed by atoms with Crippen molar-refractivity contribution in [1.29, 1.82) is 0 Å². The third kappa shape index (κ3) is 6.35. The highest BCUT2D eigenvalue weighted by Crippen LogP contribution is 2.26. The molecule has 0 spiro atoms. The third-order valence-corrected chi connectivity index (χ3v) is 9.08. The predicted octanol–water partition coefficient (Wildman–Crippen LogP) is 6.07. The summed E-state index contributed by atoms with van der Waals surface area (Å²) in [5, 5.41) is 0.745. The Morgan fingerprint density at radius 1 is 0.829 bits per heavy atom. The normalized spacial score (nSPS) is 22.3. The maximum atomic E-state index is 13.8. The van der Waals surface area contributed by atoms with E-state index in [0.29, 0.717) is 18.0 Å². The van der Waals surface area contributed by atoms with E-state index in [2.05, 4.69) is 93.8 Å². The number of carbonyl (C=O) groups is 1. The zero-order valence-electron chi connectivity index (χ0n) is 24.1. The number of para-hydroxylation sites is 2. The standard InChI is InChI=1S/C34H40ClN5O/c1-25-19-38(20-26(2)39(25)21-27-9-4-3-5-10-27)34(41)29-11-8-18-37(23-29)24-33-36-31-12-6-7-13-32(31)40(33)22-28-14-16-30(35)17-15-28/h3-7,9-10,12-17,25-26,29H,8,11,18-24H2,1-2H3/t25-,26-,29+/m1/s1. The highest BCUT2D eigenvalue weighted by Gasteiger charge is 2.36. The van der Waals surface area contributed by atoms with Gasteiger partial charge in [0.25, 0.3) is 0 Å². The number of hydrogen-bond acceptors (Lipinski definition) is 4. The molecule has 3 heterocycles. The summed E-state index contributed by atoms with van der Waals surface area (Å²) in [5.74, 6) is 1.41. The van der Waals surface area contributed by atoms with E-state index in [-0.39, 0.29) is 5.92 Å². The maximum Gasteiger partial charge on any atom is 0.227 e. The molecule has 1 amide bonds. The first-order chi connectivity index (χ1) is 19.9. The fraction of sp³-hybridized carbons (Fsp3) is 0.412. The van der Waals surface area contributed by atoms with Crippen LogP contribution in [-0.2, 0) is 24.4 Å². The molecular formula is C34H40ClN5O. The number of piperidine rings is 1. The fourth-order valence-electron chi connectivity index (χ4n) is 6.70. The number of rotatable bonds is 7. The molecule has 0 bridgehead atoms. The van der Waals surface area contributed by atoms with Crippen LogP contribution in [0.15, 0.2) is 78.9 Å². The van der Waals surface area contributed by atoms with Crippen molar-refractivity contribution in [2.24, 2.45) is 5.92 Å².